The van der Waals surface area contributed by atoms with Crippen LogP contribution in [-0.4, -0.2) is 24.5 Å². The molecule has 0 amide bonds. The second-order valence-corrected chi connectivity index (χ2v) is 5.35. The summed E-state index contributed by atoms with van der Waals surface area (Å²) in [6.07, 6.45) is 5.32. The highest BCUT2D eigenvalue weighted by atomic mass is 16.1. The smallest absolute Gasteiger partial charge is 0.278 e. The zero-order valence-corrected chi connectivity index (χ0v) is 12.7. The number of nitrogens with zero attached hydrogens (tertiary/aromatic N) is 4. The van der Waals surface area contributed by atoms with Gasteiger partial charge in [0.2, 0.25) is 0 Å². The van der Waals surface area contributed by atoms with E-state index < -0.39 is 0 Å². The monoisotopic (exact) mass is 318 g/mol. The van der Waals surface area contributed by atoms with Crippen LogP contribution in [0.3, 0.4) is 0 Å². The van der Waals surface area contributed by atoms with Crippen molar-refractivity contribution in [3.05, 3.63) is 76.9 Å². The minimum absolute atomic E-state index is 0.233. The van der Waals surface area contributed by atoms with Crippen LogP contribution in [0.4, 0.5) is 5.69 Å². The quantitative estimate of drug-likeness (QED) is 0.559. The Morgan fingerprint density at radius 1 is 1.12 bits per heavy atom. The molecule has 4 aromatic rings. The predicted molar refractivity (Wildman–Crippen MR) is 90.9 cm³/mol. The van der Waals surface area contributed by atoms with E-state index in [1.54, 1.807) is 42.9 Å². The summed E-state index contributed by atoms with van der Waals surface area (Å²) in [4.78, 5) is 29.0. The number of rotatable bonds is 3. The van der Waals surface area contributed by atoms with E-state index in [4.69, 9.17) is 5.73 Å². The Morgan fingerprint density at radius 2 is 2.04 bits per heavy atom. The van der Waals surface area contributed by atoms with Crippen molar-refractivity contribution in [2.75, 3.05) is 5.73 Å². The van der Waals surface area contributed by atoms with Crippen molar-refractivity contribution < 1.29 is 0 Å². The van der Waals surface area contributed by atoms with Gasteiger partial charge in [-0.05, 0) is 30.3 Å². The highest BCUT2D eigenvalue weighted by molar-refractivity contribution is 5.72. The van der Waals surface area contributed by atoms with Crippen molar-refractivity contribution in [1.29, 1.82) is 0 Å². The number of nitrogens with two attached hydrogens (primary N) is 1. The van der Waals surface area contributed by atoms with E-state index in [9.17, 15) is 4.79 Å². The fourth-order valence-electron chi connectivity index (χ4n) is 2.64. The largest absolute Gasteiger partial charge is 0.399 e. The van der Waals surface area contributed by atoms with Crippen molar-refractivity contribution in [2.24, 2.45) is 0 Å². The molecule has 4 rings (SSSR count). The number of aromatic amines is 1. The Bertz CT molecular complexity index is 1070. The molecule has 0 unspecified atom stereocenters. The molecule has 0 radical (unpaired) electrons. The molecule has 0 aliphatic rings. The number of imidazole rings is 1. The lowest BCUT2D eigenvalue weighted by atomic mass is 10.2. The van der Waals surface area contributed by atoms with Crippen molar-refractivity contribution in [1.82, 2.24) is 24.5 Å². The summed E-state index contributed by atoms with van der Waals surface area (Å²) in [6, 6.07) is 10.8. The van der Waals surface area contributed by atoms with Crippen LogP contribution >= 0.6 is 0 Å². The van der Waals surface area contributed by atoms with Gasteiger partial charge in [0.05, 0.1) is 12.1 Å². The third kappa shape index (κ3) is 2.41. The Morgan fingerprint density at radius 3 is 2.83 bits per heavy atom. The number of H-pyrrole nitrogens is 1. The van der Waals surface area contributed by atoms with Crippen LogP contribution in [-0.2, 0) is 6.42 Å². The number of nitrogens with one attached hydrogen (secondary N) is 1. The van der Waals surface area contributed by atoms with Crippen molar-refractivity contribution in [3.8, 4) is 5.69 Å². The first kappa shape index (κ1) is 14.1. The van der Waals surface area contributed by atoms with Gasteiger partial charge >= 0.3 is 0 Å². The first-order chi connectivity index (χ1) is 11.7. The first-order valence-corrected chi connectivity index (χ1v) is 7.43. The van der Waals surface area contributed by atoms with Gasteiger partial charge in [-0.3, -0.25) is 9.36 Å². The van der Waals surface area contributed by atoms with Crippen LogP contribution in [0.5, 0.6) is 0 Å². The number of pyridine rings is 1. The van der Waals surface area contributed by atoms with Gasteiger partial charge in [0.1, 0.15) is 17.0 Å². The van der Waals surface area contributed by atoms with Crippen LogP contribution in [0.1, 0.15) is 11.5 Å². The van der Waals surface area contributed by atoms with E-state index in [1.165, 1.54) is 4.57 Å². The van der Waals surface area contributed by atoms with Gasteiger partial charge in [-0.1, -0.05) is 6.07 Å². The molecule has 3 N–H and O–H groups in total. The molecule has 0 saturated carbocycles. The van der Waals surface area contributed by atoms with Gasteiger partial charge in [-0.25, -0.2) is 15.0 Å². The summed E-state index contributed by atoms with van der Waals surface area (Å²) in [5, 5.41) is 0. The topological polar surface area (TPSA) is 102 Å². The van der Waals surface area contributed by atoms with Gasteiger partial charge in [0, 0.05) is 24.3 Å². The third-order valence-electron chi connectivity index (χ3n) is 3.70. The lowest BCUT2D eigenvalue weighted by Gasteiger charge is -2.11. The molecule has 7 heteroatoms. The van der Waals surface area contributed by atoms with Gasteiger partial charge in [0.15, 0.2) is 5.65 Å². The van der Waals surface area contributed by atoms with Crippen LogP contribution in [0.25, 0.3) is 16.9 Å². The van der Waals surface area contributed by atoms with E-state index in [0.717, 1.165) is 0 Å². The lowest BCUT2D eigenvalue weighted by molar-refractivity contribution is 0.899. The lowest BCUT2D eigenvalue weighted by Crippen LogP contribution is -2.25. The summed E-state index contributed by atoms with van der Waals surface area (Å²) >= 11 is 0. The molecule has 3 aromatic heterocycles. The van der Waals surface area contributed by atoms with E-state index in [-0.39, 0.29) is 5.56 Å². The third-order valence-corrected chi connectivity index (χ3v) is 3.70. The number of anilines is 1. The fraction of sp³-hybridized carbons (Fsp3) is 0.0588. The molecule has 0 bridgehead atoms. The molecule has 0 aliphatic carbocycles. The van der Waals surface area contributed by atoms with Gasteiger partial charge < -0.3 is 10.7 Å². The molecule has 0 spiro atoms. The summed E-state index contributed by atoms with van der Waals surface area (Å²) < 4.78 is 1.54. The van der Waals surface area contributed by atoms with Crippen molar-refractivity contribution in [3.63, 3.8) is 0 Å². The molecule has 3 heterocycles. The van der Waals surface area contributed by atoms with Crippen LogP contribution < -0.4 is 11.3 Å². The van der Waals surface area contributed by atoms with E-state index in [1.807, 2.05) is 12.1 Å². The van der Waals surface area contributed by atoms with Crippen molar-refractivity contribution >= 4 is 16.9 Å². The second kappa shape index (κ2) is 5.62. The van der Waals surface area contributed by atoms with E-state index in [0.29, 0.717) is 40.5 Å². The molecule has 0 aliphatic heterocycles. The minimum atomic E-state index is -0.233. The molecular weight excluding hydrogens is 304 g/mol. The zero-order valence-electron chi connectivity index (χ0n) is 12.7. The maximum atomic E-state index is 13.0. The maximum Gasteiger partial charge on any atom is 0.278 e. The van der Waals surface area contributed by atoms with Crippen LogP contribution in [0.2, 0.25) is 0 Å². The first-order valence-electron chi connectivity index (χ1n) is 7.43. The molecule has 0 atom stereocenters. The van der Waals surface area contributed by atoms with Crippen LogP contribution in [0.15, 0.2) is 59.8 Å². The average molecular weight is 318 g/mol. The molecule has 7 nitrogen and oxygen atoms in total. The standard InChI is InChI=1S/C17H14N6O/c18-11-3-1-4-12(9-11)23-16-13(5-2-6-21-16)22-14(17(23)24)10-15-19-7-8-20-15/h1-9H,10,18H2,(H,19,20). The SMILES string of the molecule is Nc1cccc(-n2c(=O)c(Cc3ncc[nH]3)nc3cccnc32)c1. The molecule has 0 fully saturated rings. The molecular formula is C17H14N6O. The zero-order chi connectivity index (χ0) is 16.5. The maximum absolute atomic E-state index is 13.0. The van der Waals surface area contributed by atoms with E-state index in [2.05, 4.69) is 19.9 Å². The Labute approximate surface area is 136 Å². The van der Waals surface area contributed by atoms with E-state index >= 15 is 0 Å². The summed E-state index contributed by atoms with van der Waals surface area (Å²) in [6.45, 7) is 0. The summed E-state index contributed by atoms with van der Waals surface area (Å²) in [5.41, 5.74) is 8.41. The normalized spacial score (nSPS) is 11.0. The van der Waals surface area contributed by atoms with Gasteiger partial charge in [0.25, 0.3) is 5.56 Å². The number of hydrogen-bond donors (Lipinski definition) is 2. The van der Waals surface area contributed by atoms with Crippen LogP contribution in [0, 0.1) is 0 Å². The molecule has 118 valence electrons. The second-order valence-electron chi connectivity index (χ2n) is 5.35. The molecule has 1 aromatic carbocycles. The number of benzene rings is 1. The average Bonchev–Trinajstić information content (AvgIpc) is 3.09. The van der Waals surface area contributed by atoms with Crippen molar-refractivity contribution in [2.45, 2.75) is 6.42 Å². The summed E-state index contributed by atoms with van der Waals surface area (Å²) in [7, 11) is 0. The number of fused-ring (bicyclic) bond motifs is 1. The highest BCUT2D eigenvalue weighted by Gasteiger charge is 2.14. The highest BCUT2D eigenvalue weighted by Crippen LogP contribution is 2.16. The molecule has 24 heavy (non-hydrogen) atoms. The fourth-order valence-corrected chi connectivity index (χ4v) is 2.64. The Kier molecular flexibility index (Phi) is 3.31. The number of aromatic nitrogens is 5. The Hall–Kier alpha value is -3.48. The van der Waals surface area contributed by atoms with Gasteiger partial charge in [-0.2, -0.15) is 0 Å². The summed E-state index contributed by atoms with van der Waals surface area (Å²) in [5.74, 6) is 0.682. The Balaban J connectivity index is 2.00. The molecule has 0 saturated heterocycles. The minimum Gasteiger partial charge on any atom is -0.399 e. The van der Waals surface area contributed by atoms with Gasteiger partial charge in [-0.15, -0.1) is 0 Å². The number of hydrogen-bond acceptors (Lipinski definition) is 5. The predicted octanol–water partition coefficient (Wildman–Crippen LogP) is 1.68. The number of nitrogen functional groups attached to an aromatic ring is 1.